The number of rotatable bonds is 3. The molecule has 10 heavy (non-hydrogen) atoms. The van der Waals surface area contributed by atoms with Crippen molar-refractivity contribution in [1.82, 2.24) is 0 Å². The van der Waals surface area contributed by atoms with Crippen molar-refractivity contribution >= 4 is 11.6 Å². The van der Waals surface area contributed by atoms with Crippen LogP contribution in [0, 0.1) is 0 Å². The molecule has 0 saturated heterocycles. The maximum atomic E-state index is 12.3. The fourth-order valence-corrected chi connectivity index (χ4v) is 0.673. The highest BCUT2D eigenvalue weighted by Crippen LogP contribution is 2.11. The highest BCUT2D eigenvalue weighted by molar-refractivity contribution is 6.21. The highest BCUT2D eigenvalue weighted by Gasteiger charge is 2.01. The van der Waals surface area contributed by atoms with E-state index in [-0.39, 0.29) is 0 Å². The molecular formula is C8H10ClF. The van der Waals surface area contributed by atoms with Crippen LogP contribution in [0.4, 0.5) is 4.39 Å². The molecule has 0 aliphatic rings. The molecule has 0 aliphatic carbocycles. The third-order valence-corrected chi connectivity index (χ3v) is 1.26. The van der Waals surface area contributed by atoms with Gasteiger partial charge in [-0.05, 0) is 12.5 Å². The van der Waals surface area contributed by atoms with Crippen molar-refractivity contribution in [2.75, 3.05) is 0 Å². The van der Waals surface area contributed by atoms with Gasteiger partial charge in [0.1, 0.15) is 0 Å². The SMILES string of the molecule is C=C/C=C\C(=C/C)C(F)Cl. The lowest BCUT2D eigenvalue weighted by molar-refractivity contribution is 0.499. The Hall–Kier alpha value is -0.560. The third-order valence-electron chi connectivity index (χ3n) is 1.01. The first-order valence-electron chi connectivity index (χ1n) is 2.95. The number of alkyl halides is 2. The van der Waals surface area contributed by atoms with Crippen molar-refractivity contribution in [1.29, 1.82) is 0 Å². The van der Waals surface area contributed by atoms with Crippen LogP contribution in [0.15, 0.2) is 36.5 Å². The molecule has 0 fully saturated rings. The first-order valence-corrected chi connectivity index (χ1v) is 3.39. The van der Waals surface area contributed by atoms with Crippen molar-refractivity contribution < 1.29 is 4.39 Å². The van der Waals surface area contributed by atoms with Gasteiger partial charge in [-0.15, -0.1) is 0 Å². The van der Waals surface area contributed by atoms with Crippen molar-refractivity contribution in [2.24, 2.45) is 0 Å². The standard InChI is InChI=1S/C8H10ClF/c1-3-5-6-7(4-2)8(9)10/h3-6,8H,1H2,2H3/b6-5-,7-4+. The summed E-state index contributed by atoms with van der Waals surface area (Å²) in [6.07, 6.45) is 6.43. The average Bonchev–Trinajstić information content (AvgIpc) is 1.89. The maximum absolute atomic E-state index is 12.3. The Bertz CT molecular complexity index is 157. The number of hydrogen-bond acceptors (Lipinski definition) is 0. The molecule has 0 amide bonds. The molecule has 0 aromatic heterocycles. The van der Waals surface area contributed by atoms with Gasteiger partial charge in [0.2, 0.25) is 0 Å². The van der Waals surface area contributed by atoms with Gasteiger partial charge in [-0.25, -0.2) is 4.39 Å². The van der Waals surface area contributed by atoms with Gasteiger partial charge in [0.05, 0.1) is 0 Å². The van der Waals surface area contributed by atoms with Crippen LogP contribution in [0.3, 0.4) is 0 Å². The third kappa shape index (κ3) is 3.46. The summed E-state index contributed by atoms with van der Waals surface area (Å²) < 4.78 is 12.3. The monoisotopic (exact) mass is 160 g/mol. The van der Waals surface area contributed by atoms with Crippen molar-refractivity contribution in [2.45, 2.75) is 12.6 Å². The fraction of sp³-hybridized carbons (Fsp3) is 0.250. The molecule has 0 bridgehead atoms. The summed E-state index contributed by atoms with van der Waals surface area (Å²) >= 11 is 5.16. The summed E-state index contributed by atoms with van der Waals surface area (Å²) in [4.78, 5) is 0. The van der Waals surface area contributed by atoms with Crippen LogP contribution in [0.1, 0.15) is 6.92 Å². The van der Waals surface area contributed by atoms with E-state index in [1.165, 1.54) is 0 Å². The molecule has 0 N–H and O–H groups in total. The molecule has 0 spiro atoms. The Morgan fingerprint density at radius 3 is 2.60 bits per heavy atom. The molecule has 1 atom stereocenters. The van der Waals surface area contributed by atoms with Gasteiger partial charge in [0, 0.05) is 0 Å². The van der Waals surface area contributed by atoms with Gasteiger partial charge < -0.3 is 0 Å². The summed E-state index contributed by atoms with van der Waals surface area (Å²) in [5.74, 6) is 0. The quantitative estimate of drug-likeness (QED) is 0.439. The molecule has 0 aromatic carbocycles. The van der Waals surface area contributed by atoms with Crippen LogP contribution in [-0.4, -0.2) is 5.63 Å². The minimum atomic E-state index is -1.42. The minimum Gasteiger partial charge on any atom is -0.225 e. The Balaban J connectivity index is 4.10. The zero-order valence-electron chi connectivity index (χ0n) is 5.85. The van der Waals surface area contributed by atoms with E-state index in [9.17, 15) is 4.39 Å². The van der Waals surface area contributed by atoms with Crippen LogP contribution >= 0.6 is 11.6 Å². The predicted octanol–water partition coefficient (Wildman–Crippen LogP) is 3.21. The van der Waals surface area contributed by atoms with Gasteiger partial charge in [-0.1, -0.05) is 42.5 Å². The number of hydrogen-bond donors (Lipinski definition) is 0. The molecule has 2 heteroatoms. The van der Waals surface area contributed by atoms with Gasteiger partial charge in [-0.3, -0.25) is 0 Å². The van der Waals surface area contributed by atoms with E-state index in [2.05, 4.69) is 6.58 Å². The summed E-state index contributed by atoms with van der Waals surface area (Å²) in [5, 5.41) is 0. The van der Waals surface area contributed by atoms with E-state index in [1.54, 1.807) is 31.2 Å². The van der Waals surface area contributed by atoms with Crippen molar-refractivity contribution in [3.8, 4) is 0 Å². The Kier molecular flexibility index (Phi) is 4.95. The van der Waals surface area contributed by atoms with E-state index in [0.717, 1.165) is 0 Å². The molecule has 0 radical (unpaired) electrons. The van der Waals surface area contributed by atoms with Gasteiger partial charge in [-0.2, -0.15) is 0 Å². The zero-order chi connectivity index (χ0) is 7.98. The smallest absolute Gasteiger partial charge is 0.198 e. The second-order valence-electron chi connectivity index (χ2n) is 1.68. The van der Waals surface area contributed by atoms with Crippen LogP contribution < -0.4 is 0 Å². The van der Waals surface area contributed by atoms with E-state index in [1.807, 2.05) is 0 Å². The molecule has 0 rings (SSSR count). The lowest BCUT2D eigenvalue weighted by Crippen LogP contribution is -1.89. The molecule has 0 aromatic rings. The summed E-state index contributed by atoms with van der Waals surface area (Å²) in [6.45, 7) is 5.18. The van der Waals surface area contributed by atoms with Gasteiger partial charge in [0.15, 0.2) is 5.63 Å². The second kappa shape index (κ2) is 5.24. The van der Waals surface area contributed by atoms with Crippen LogP contribution in [0.5, 0.6) is 0 Å². The van der Waals surface area contributed by atoms with Crippen LogP contribution in [-0.2, 0) is 0 Å². The molecule has 56 valence electrons. The van der Waals surface area contributed by atoms with Crippen molar-refractivity contribution in [3.63, 3.8) is 0 Å². The van der Waals surface area contributed by atoms with Crippen LogP contribution in [0.25, 0.3) is 0 Å². The van der Waals surface area contributed by atoms with E-state index < -0.39 is 5.63 Å². The molecule has 1 unspecified atom stereocenters. The average molecular weight is 161 g/mol. The summed E-state index contributed by atoms with van der Waals surface area (Å²) in [5.41, 5.74) is -0.956. The number of allylic oxidation sites excluding steroid dienone is 5. The molecule has 0 aliphatic heterocycles. The van der Waals surface area contributed by atoms with Gasteiger partial charge >= 0.3 is 0 Å². The topological polar surface area (TPSA) is 0 Å². The number of halogens is 2. The van der Waals surface area contributed by atoms with E-state index in [0.29, 0.717) is 5.57 Å². The van der Waals surface area contributed by atoms with Crippen molar-refractivity contribution in [3.05, 3.63) is 36.5 Å². The highest BCUT2D eigenvalue weighted by atomic mass is 35.5. The zero-order valence-corrected chi connectivity index (χ0v) is 6.61. The molecule has 0 nitrogen and oxygen atoms in total. The Morgan fingerprint density at radius 2 is 2.30 bits per heavy atom. The first-order chi connectivity index (χ1) is 4.72. The lowest BCUT2D eigenvalue weighted by atomic mass is 10.2. The largest absolute Gasteiger partial charge is 0.225 e. The lowest BCUT2D eigenvalue weighted by Gasteiger charge is -1.97. The normalized spacial score (nSPS) is 15.7. The van der Waals surface area contributed by atoms with Crippen LogP contribution in [0.2, 0.25) is 0 Å². The Labute approximate surface area is 65.7 Å². The predicted molar refractivity (Wildman–Crippen MR) is 43.8 cm³/mol. The summed E-state index contributed by atoms with van der Waals surface area (Å²) in [7, 11) is 0. The maximum Gasteiger partial charge on any atom is 0.198 e. The molecule has 0 saturated carbocycles. The molecular weight excluding hydrogens is 151 g/mol. The first kappa shape index (κ1) is 9.44. The molecule has 0 heterocycles. The Morgan fingerprint density at radius 1 is 1.70 bits per heavy atom. The minimum absolute atomic E-state index is 0.460. The van der Waals surface area contributed by atoms with E-state index in [4.69, 9.17) is 11.6 Å². The van der Waals surface area contributed by atoms with E-state index >= 15 is 0 Å². The van der Waals surface area contributed by atoms with Gasteiger partial charge in [0.25, 0.3) is 0 Å². The summed E-state index contributed by atoms with van der Waals surface area (Å²) in [6, 6.07) is 0. The fourth-order valence-electron chi connectivity index (χ4n) is 0.474. The second-order valence-corrected chi connectivity index (χ2v) is 2.07.